The Balaban J connectivity index is 2.02. The van der Waals surface area contributed by atoms with Gasteiger partial charge in [-0.25, -0.2) is 4.39 Å². The Labute approximate surface area is 102 Å². The fourth-order valence-electron chi connectivity index (χ4n) is 2.43. The molecule has 1 N–H and O–H groups in total. The SMILES string of the molecule is CCNC1CCCC1Oc1ccc(F)c(C)c1. The van der Waals surface area contributed by atoms with Crippen molar-refractivity contribution in [1.82, 2.24) is 5.32 Å². The van der Waals surface area contributed by atoms with Crippen LogP contribution in [-0.4, -0.2) is 18.7 Å². The maximum atomic E-state index is 13.1. The quantitative estimate of drug-likeness (QED) is 0.869. The number of likely N-dealkylation sites (N-methyl/N-ethyl adjacent to an activating group) is 1. The van der Waals surface area contributed by atoms with E-state index in [-0.39, 0.29) is 11.9 Å². The number of halogens is 1. The van der Waals surface area contributed by atoms with E-state index in [1.807, 2.05) is 0 Å². The molecule has 0 aliphatic heterocycles. The van der Waals surface area contributed by atoms with Crippen molar-refractivity contribution in [3.63, 3.8) is 0 Å². The molecule has 0 spiro atoms. The van der Waals surface area contributed by atoms with Crippen LogP contribution >= 0.6 is 0 Å². The largest absolute Gasteiger partial charge is 0.489 e. The van der Waals surface area contributed by atoms with Gasteiger partial charge in [0, 0.05) is 6.04 Å². The lowest BCUT2D eigenvalue weighted by molar-refractivity contribution is 0.175. The zero-order valence-corrected chi connectivity index (χ0v) is 10.5. The highest BCUT2D eigenvalue weighted by Gasteiger charge is 2.28. The second-order valence-electron chi connectivity index (χ2n) is 4.66. The molecule has 0 heterocycles. The van der Waals surface area contributed by atoms with Gasteiger partial charge < -0.3 is 10.1 Å². The van der Waals surface area contributed by atoms with Crippen molar-refractivity contribution in [3.8, 4) is 5.75 Å². The Morgan fingerprint density at radius 1 is 1.41 bits per heavy atom. The zero-order chi connectivity index (χ0) is 12.3. The predicted molar refractivity (Wildman–Crippen MR) is 66.9 cm³/mol. The summed E-state index contributed by atoms with van der Waals surface area (Å²) in [6.07, 6.45) is 3.66. The second-order valence-corrected chi connectivity index (χ2v) is 4.66. The number of nitrogens with one attached hydrogen (secondary N) is 1. The lowest BCUT2D eigenvalue weighted by atomic mass is 10.2. The van der Waals surface area contributed by atoms with Gasteiger partial charge in [0.15, 0.2) is 0 Å². The normalized spacial score (nSPS) is 23.9. The van der Waals surface area contributed by atoms with E-state index >= 15 is 0 Å². The number of aryl methyl sites for hydroxylation is 1. The fraction of sp³-hybridized carbons (Fsp3) is 0.571. The van der Waals surface area contributed by atoms with Crippen LogP contribution in [0.2, 0.25) is 0 Å². The molecule has 0 bridgehead atoms. The Morgan fingerprint density at radius 2 is 2.24 bits per heavy atom. The highest BCUT2D eigenvalue weighted by molar-refractivity contribution is 5.29. The minimum atomic E-state index is -0.174. The zero-order valence-electron chi connectivity index (χ0n) is 10.5. The summed E-state index contributed by atoms with van der Waals surface area (Å²) < 4.78 is 19.1. The van der Waals surface area contributed by atoms with E-state index in [4.69, 9.17) is 4.74 Å². The van der Waals surface area contributed by atoms with E-state index in [0.717, 1.165) is 18.7 Å². The molecule has 1 aromatic rings. The van der Waals surface area contributed by atoms with Crippen LogP contribution < -0.4 is 10.1 Å². The first-order valence-corrected chi connectivity index (χ1v) is 6.37. The van der Waals surface area contributed by atoms with Crippen LogP contribution in [0.1, 0.15) is 31.7 Å². The van der Waals surface area contributed by atoms with Gasteiger partial charge in [0.25, 0.3) is 0 Å². The highest BCUT2D eigenvalue weighted by Crippen LogP contribution is 2.25. The summed E-state index contributed by atoms with van der Waals surface area (Å²) in [5.41, 5.74) is 0.639. The average molecular weight is 237 g/mol. The third-order valence-electron chi connectivity index (χ3n) is 3.34. The first kappa shape index (κ1) is 12.4. The summed E-state index contributed by atoms with van der Waals surface area (Å²) in [6, 6.07) is 5.40. The standard InChI is InChI=1S/C14H20FNO/c1-3-16-13-5-4-6-14(13)17-11-7-8-12(15)10(2)9-11/h7-9,13-14,16H,3-6H2,1-2H3. The molecule has 1 aromatic carbocycles. The third kappa shape index (κ3) is 2.97. The molecule has 0 aromatic heterocycles. The van der Waals surface area contributed by atoms with Crippen molar-refractivity contribution in [2.24, 2.45) is 0 Å². The van der Waals surface area contributed by atoms with Gasteiger partial charge in [0.05, 0.1) is 0 Å². The maximum absolute atomic E-state index is 13.1. The molecule has 1 fully saturated rings. The molecule has 1 saturated carbocycles. The minimum absolute atomic E-state index is 0.174. The van der Waals surface area contributed by atoms with E-state index in [1.165, 1.54) is 18.9 Å². The van der Waals surface area contributed by atoms with E-state index in [0.29, 0.717) is 11.6 Å². The molecule has 2 rings (SSSR count). The molecule has 0 radical (unpaired) electrons. The molecular weight excluding hydrogens is 217 g/mol. The number of hydrogen-bond acceptors (Lipinski definition) is 2. The molecule has 0 amide bonds. The van der Waals surface area contributed by atoms with Crippen LogP contribution in [0.5, 0.6) is 5.75 Å². The third-order valence-corrected chi connectivity index (χ3v) is 3.34. The summed E-state index contributed by atoms with van der Waals surface area (Å²) in [4.78, 5) is 0. The van der Waals surface area contributed by atoms with E-state index in [9.17, 15) is 4.39 Å². The summed E-state index contributed by atoms with van der Waals surface area (Å²) in [6.45, 7) is 4.84. The molecule has 2 unspecified atom stereocenters. The molecule has 3 heteroatoms. The van der Waals surface area contributed by atoms with Crippen LogP contribution in [0.15, 0.2) is 18.2 Å². The topological polar surface area (TPSA) is 21.3 Å². The van der Waals surface area contributed by atoms with Gasteiger partial charge in [-0.05, 0) is 56.5 Å². The van der Waals surface area contributed by atoms with Crippen molar-refractivity contribution >= 4 is 0 Å². The van der Waals surface area contributed by atoms with Gasteiger partial charge in [-0.1, -0.05) is 6.92 Å². The summed E-state index contributed by atoms with van der Waals surface area (Å²) in [5.74, 6) is 0.603. The van der Waals surface area contributed by atoms with Crippen LogP contribution in [0.4, 0.5) is 4.39 Å². The Kier molecular flexibility index (Phi) is 4.00. The Morgan fingerprint density at radius 3 is 2.94 bits per heavy atom. The maximum Gasteiger partial charge on any atom is 0.126 e. The summed E-state index contributed by atoms with van der Waals surface area (Å²) in [5, 5.41) is 3.44. The fourth-order valence-corrected chi connectivity index (χ4v) is 2.43. The van der Waals surface area contributed by atoms with E-state index < -0.39 is 0 Å². The lowest BCUT2D eigenvalue weighted by Crippen LogP contribution is -2.38. The Bertz CT molecular complexity index is 380. The predicted octanol–water partition coefficient (Wildman–Crippen LogP) is 3.04. The second kappa shape index (κ2) is 5.50. The van der Waals surface area contributed by atoms with Crippen molar-refractivity contribution in [2.45, 2.75) is 45.3 Å². The summed E-state index contributed by atoms with van der Waals surface area (Å²) >= 11 is 0. The molecule has 1 aliphatic carbocycles. The number of benzene rings is 1. The molecule has 0 saturated heterocycles. The number of ether oxygens (including phenoxy) is 1. The van der Waals surface area contributed by atoms with Gasteiger partial charge in [0.2, 0.25) is 0 Å². The van der Waals surface area contributed by atoms with Crippen LogP contribution in [0.25, 0.3) is 0 Å². The lowest BCUT2D eigenvalue weighted by Gasteiger charge is -2.22. The van der Waals surface area contributed by atoms with Crippen molar-refractivity contribution in [1.29, 1.82) is 0 Å². The molecule has 17 heavy (non-hydrogen) atoms. The highest BCUT2D eigenvalue weighted by atomic mass is 19.1. The van der Waals surface area contributed by atoms with Gasteiger partial charge in [-0.2, -0.15) is 0 Å². The monoisotopic (exact) mass is 237 g/mol. The average Bonchev–Trinajstić information content (AvgIpc) is 2.72. The first-order valence-electron chi connectivity index (χ1n) is 6.37. The molecule has 94 valence electrons. The number of hydrogen-bond donors (Lipinski definition) is 1. The van der Waals surface area contributed by atoms with Gasteiger partial charge >= 0.3 is 0 Å². The molecule has 2 atom stereocenters. The van der Waals surface area contributed by atoms with Gasteiger partial charge in [-0.3, -0.25) is 0 Å². The van der Waals surface area contributed by atoms with Crippen LogP contribution in [0.3, 0.4) is 0 Å². The van der Waals surface area contributed by atoms with Crippen molar-refractivity contribution in [3.05, 3.63) is 29.6 Å². The molecular formula is C14H20FNO. The van der Waals surface area contributed by atoms with Crippen LogP contribution in [0, 0.1) is 12.7 Å². The van der Waals surface area contributed by atoms with Gasteiger partial charge in [-0.15, -0.1) is 0 Å². The van der Waals surface area contributed by atoms with E-state index in [2.05, 4.69) is 12.2 Å². The molecule has 2 nitrogen and oxygen atoms in total. The van der Waals surface area contributed by atoms with Gasteiger partial charge in [0.1, 0.15) is 17.7 Å². The van der Waals surface area contributed by atoms with E-state index in [1.54, 1.807) is 19.1 Å². The smallest absolute Gasteiger partial charge is 0.126 e. The van der Waals surface area contributed by atoms with Crippen LogP contribution in [-0.2, 0) is 0 Å². The number of rotatable bonds is 4. The Hall–Kier alpha value is -1.09. The minimum Gasteiger partial charge on any atom is -0.489 e. The first-order chi connectivity index (χ1) is 8.20. The van der Waals surface area contributed by atoms with Crippen molar-refractivity contribution < 1.29 is 9.13 Å². The van der Waals surface area contributed by atoms with Crippen molar-refractivity contribution in [2.75, 3.05) is 6.54 Å². The summed E-state index contributed by atoms with van der Waals surface area (Å²) in [7, 11) is 0. The molecule has 1 aliphatic rings.